The fourth-order valence-corrected chi connectivity index (χ4v) is 2.83. The van der Waals surface area contributed by atoms with E-state index in [9.17, 15) is 4.79 Å². The Bertz CT molecular complexity index is 595. The number of aromatic nitrogens is 3. The minimum absolute atomic E-state index is 0.0335. The summed E-state index contributed by atoms with van der Waals surface area (Å²) >= 11 is 1.36. The molecule has 1 saturated heterocycles. The van der Waals surface area contributed by atoms with Crippen LogP contribution in [0.3, 0.4) is 0 Å². The van der Waals surface area contributed by atoms with Crippen LogP contribution < -0.4 is 4.90 Å². The van der Waals surface area contributed by atoms with E-state index >= 15 is 0 Å². The van der Waals surface area contributed by atoms with E-state index in [4.69, 9.17) is 4.74 Å². The van der Waals surface area contributed by atoms with Gasteiger partial charge in [0.25, 0.3) is 0 Å². The number of rotatable bonds is 3. The fraction of sp³-hybridized carbons (Fsp3) is 0.385. The molecule has 0 aromatic carbocycles. The second-order valence-corrected chi connectivity index (χ2v) is 5.52. The van der Waals surface area contributed by atoms with E-state index in [0.717, 1.165) is 12.1 Å². The fourth-order valence-electron chi connectivity index (χ4n) is 2.04. The number of amides is 1. The second-order valence-electron chi connectivity index (χ2n) is 4.56. The van der Waals surface area contributed by atoms with Crippen LogP contribution in [0.25, 0.3) is 10.7 Å². The summed E-state index contributed by atoms with van der Waals surface area (Å²) in [4.78, 5) is 18.0. The molecule has 7 heteroatoms. The molecule has 1 atom stereocenters. The average molecular weight is 290 g/mol. The molecule has 1 amide bonds. The van der Waals surface area contributed by atoms with Gasteiger partial charge in [-0.2, -0.15) is 0 Å². The summed E-state index contributed by atoms with van der Waals surface area (Å²) in [6, 6.07) is 5.62. The highest BCUT2D eigenvalue weighted by molar-refractivity contribution is 7.18. The Hall–Kier alpha value is -1.86. The van der Waals surface area contributed by atoms with Crippen molar-refractivity contribution in [2.75, 3.05) is 25.2 Å². The molecule has 20 heavy (non-hydrogen) atoms. The zero-order chi connectivity index (χ0) is 13.9. The first-order valence-electron chi connectivity index (χ1n) is 6.36. The highest BCUT2D eigenvalue weighted by Gasteiger charge is 2.28. The van der Waals surface area contributed by atoms with E-state index in [1.54, 1.807) is 18.1 Å². The predicted octanol–water partition coefficient (Wildman–Crippen LogP) is 1.60. The Kier molecular flexibility index (Phi) is 3.70. The van der Waals surface area contributed by atoms with Crippen molar-refractivity contribution in [3.05, 3.63) is 24.4 Å². The standard InChI is InChI=1S/C13H14N4O2S/c1-17(12(18)9-5-7-19-8-9)13-16-15-11(20-13)10-4-2-3-6-14-10/h2-4,6,9H,5,7-8H2,1H3/t9-/m1/s1. The van der Waals surface area contributed by atoms with Crippen LogP contribution in [-0.4, -0.2) is 41.3 Å². The number of pyridine rings is 1. The molecular formula is C13H14N4O2S. The lowest BCUT2D eigenvalue weighted by Gasteiger charge is -2.16. The summed E-state index contributed by atoms with van der Waals surface area (Å²) < 4.78 is 5.25. The van der Waals surface area contributed by atoms with Gasteiger partial charge in [-0.3, -0.25) is 14.7 Å². The lowest BCUT2D eigenvalue weighted by atomic mass is 10.1. The maximum Gasteiger partial charge on any atom is 0.234 e. The van der Waals surface area contributed by atoms with Gasteiger partial charge in [-0.25, -0.2) is 0 Å². The third kappa shape index (κ3) is 2.54. The van der Waals surface area contributed by atoms with Crippen LogP contribution in [0.15, 0.2) is 24.4 Å². The average Bonchev–Trinajstić information content (AvgIpc) is 3.18. The smallest absolute Gasteiger partial charge is 0.234 e. The number of carbonyl (C=O) groups is 1. The van der Waals surface area contributed by atoms with Crippen molar-refractivity contribution in [3.8, 4) is 10.7 Å². The zero-order valence-corrected chi connectivity index (χ0v) is 11.8. The number of hydrogen-bond acceptors (Lipinski definition) is 6. The summed E-state index contributed by atoms with van der Waals surface area (Å²) in [5.74, 6) is -0.0339. The van der Waals surface area contributed by atoms with Crippen molar-refractivity contribution in [3.63, 3.8) is 0 Å². The van der Waals surface area contributed by atoms with Gasteiger partial charge in [-0.15, -0.1) is 10.2 Å². The second kappa shape index (κ2) is 5.64. The molecule has 0 N–H and O–H groups in total. The Balaban J connectivity index is 1.77. The molecule has 1 fully saturated rings. The van der Waals surface area contributed by atoms with Crippen LogP contribution in [0, 0.1) is 5.92 Å². The molecule has 0 bridgehead atoms. The van der Waals surface area contributed by atoms with Crippen LogP contribution in [0.4, 0.5) is 5.13 Å². The Labute approximate surface area is 120 Å². The molecule has 0 aliphatic carbocycles. The SMILES string of the molecule is CN(C(=O)[C@@H]1CCOC1)c1nnc(-c2ccccn2)s1. The number of hydrogen-bond donors (Lipinski definition) is 0. The summed E-state index contributed by atoms with van der Waals surface area (Å²) in [5.41, 5.74) is 0.765. The topological polar surface area (TPSA) is 68.2 Å². The minimum atomic E-state index is -0.0674. The molecule has 2 aromatic heterocycles. The van der Waals surface area contributed by atoms with Crippen molar-refractivity contribution in [1.82, 2.24) is 15.2 Å². The summed E-state index contributed by atoms with van der Waals surface area (Å²) in [5, 5.41) is 9.47. The summed E-state index contributed by atoms with van der Waals surface area (Å²) in [7, 11) is 1.73. The van der Waals surface area contributed by atoms with Crippen molar-refractivity contribution in [2.24, 2.45) is 5.92 Å². The minimum Gasteiger partial charge on any atom is -0.381 e. The van der Waals surface area contributed by atoms with Crippen LogP contribution in [0.5, 0.6) is 0 Å². The van der Waals surface area contributed by atoms with Gasteiger partial charge in [-0.05, 0) is 18.6 Å². The summed E-state index contributed by atoms with van der Waals surface area (Å²) in [6.07, 6.45) is 2.48. The van der Waals surface area contributed by atoms with E-state index in [0.29, 0.717) is 23.4 Å². The first kappa shape index (κ1) is 13.1. The van der Waals surface area contributed by atoms with Crippen LogP contribution in [0.1, 0.15) is 6.42 Å². The number of anilines is 1. The molecule has 6 nitrogen and oxygen atoms in total. The highest BCUT2D eigenvalue weighted by Crippen LogP contribution is 2.28. The van der Waals surface area contributed by atoms with Gasteiger partial charge in [0.1, 0.15) is 5.69 Å². The first-order valence-corrected chi connectivity index (χ1v) is 7.17. The molecule has 0 saturated carbocycles. The van der Waals surface area contributed by atoms with Crippen molar-refractivity contribution in [2.45, 2.75) is 6.42 Å². The highest BCUT2D eigenvalue weighted by atomic mass is 32.1. The third-order valence-corrected chi connectivity index (χ3v) is 4.22. The third-order valence-electron chi connectivity index (χ3n) is 3.19. The first-order chi connectivity index (χ1) is 9.75. The molecule has 2 aromatic rings. The molecule has 1 aliphatic rings. The van der Waals surface area contributed by atoms with Crippen molar-refractivity contribution in [1.29, 1.82) is 0 Å². The van der Waals surface area contributed by atoms with Gasteiger partial charge in [-0.1, -0.05) is 17.4 Å². The van der Waals surface area contributed by atoms with E-state index in [-0.39, 0.29) is 11.8 Å². The molecule has 3 rings (SSSR count). The normalized spacial score (nSPS) is 18.1. The lowest BCUT2D eigenvalue weighted by Crippen LogP contribution is -2.33. The quantitative estimate of drug-likeness (QED) is 0.859. The Morgan fingerprint density at radius 3 is 3.05 bits per heavy atom. The molecule has 0 unspecified atom stereocenters. The van der Waals surface area contributed by atoms with Crippen molar-refractivity contribution < 1.29 is 9.53 Å². The number of ether oxygens (including phenoxy) is 1. The predicted molar refractivity (Wildman–Crippen MR) is 75.5 cm³/mol. The number of nitrogens with zero attached hydrogens (tertiary/aromatic N) is 4. The molecular weight excluding hydrogens is 276 g/mol. The van der Waals surface area contributed by atoms with E-state index in [1.165, 1.54) is 11.3 Å². The van der Waals surface area contributed by atoms with Gasteiger partial charge in [0.15, 0.2) is 5.01 Å². The van der Waals surface area contributed by atoms with Crippen molar-refractivity contribution >= 4 is 22.4 Å². The van der Waals surface area contributed by atoms with Gasteiger partial charge in [0.2, 0.25) is 11.0 Å². The van der Waals surface area contributed by atoms with E-state index in [1.807, 2.05) is 18.2 Å². The molecule has 0 spiro atoms. The van der Waals surface area contributed by atoms with Crippen LogP contribution in [-0.2, 0) is 9.53 Å². The molecule has 3 heterocycles. The summed E-state index contributed by atoms with van der Waals surface area (Å²) in [6.45, 7) is 1.15. The van der Waals surface area contributed by atoms with Gasteiger partial charge in [0, 0.05) is 19.9 Å². The molecule has 1 aliphatic heterocycles. The van der Waals surface area contributed by atoms with E-state index < -0.39 is 0 Å². The largest absolute Gasteiger partial charge is 0.381 e. The maximum absolute atomic E-state index is 12.3. The maximum atomic E-state index is 12.3. The monoisotopic (exact) mass is 290 g/mol. The molecule has 104 valence electrons. The lowest BCUT2D eigenvalue weighted by molar-refractivity contribution is -0.122. The Morgan fingerprint density at radius 2 is 2.35 bits per heavy atom. The van der Waals surface area contributed by atoms with Gasteiger partial charge >= 0.3 is 0 Å². The van der Waals surface area contributed by atoms with E-state index in [2.05, 4.69) is 15.2 Å². The molecule has 0 radical (unpaired) electrons. The van der Waals surface area contributed by atoms with Crippen LogP contribution in [0.2, 0.25) is 0 Å². The number of carbonyl (C=O) groups excluding carboxylic acids is 1. The Morgan fingerprint density at radius 1 is 1.45 bits per heavy atom. The zero-order valence-electron chi connectivity index (χ0n) is 11.0. The van der Waals surface area contributed by atoms with Gasteiger partial charge < -0.3 is 4.74 Å². The van der Waals surface area contributed by atoms with Gasteiger partial charge in [0.05, 0.1) is 12.5 Å². The van der Waals surface area contributed by atoms with Crippen LogP contribution >= 0.6 is 11.3 Å².